The zero-order valence-corrected chi connectivity index (χ0v) is 14.6. The summed E-state index contributed by atoms with van der Waals surface area (Å²) >= 11 is 0. The van der Waals surface area contributed by atoms with Crippen LogP contribution in [0, 0.1) is 0 Å². The number of hydrogen-bond acceptors (Lipinski definition) is 5. The second kappa shape index (κ2) is 8.09. The standard InChI is InChI=1S/C19H22N2O5/c1-19(2,25)16(18(24)21-26)20-17(23)15-9-7-14(8-10-15)13-5-3-12(11-22)4-6-13/h3-10,16,22,25-26H,11H2,1-2H3,(H,20,23)(H,21,24)/t16-/m1/s1. The Morgan fingerprint density at radius 2 is 1.50 bits per heavy atom. The number of amides is 2. The topological polar surface area (TPSA) is 119 Å². The zero-order valence-electron chi connectivity index (χ0n) is 14.6. The summed E-state index contributed by atoms with van der Waals surface area (Å²) in [5.74, 6) is -1.46. The summed E-state index contributed by atoms with van der Waals surface area (Å²) in [5, 5.41) is 30.3. The van der Waals surface area contributed by atoms with Crippen molar-refractivity contribution in [2.24, 2.45) is 0 Å². The van der Waals surface area contributed by atoms with Crippen molar-refractivity contribution in [2.45, 2.75) is 32.1 Å². The van der Waals surface area contributed by atoms with Gasteiger partial charge in [0.2, 0.25) is 0 Å². The van der Waals surface area contributed by atoms with E-state index >= 15 is 0 Å². The van der Waals surface area contributed by atoms with Crippen molar-refractivity contribution in [2.75, 3.05) is 0 Å². The second-order valence-electron chi connectivity index (χ2n) is 6.47. The first-order chi connectivity index (χ1) is 12.3. The lowest BCUT2D eigenvalue weighted by Gasteiger charge is -2.28. The summed E-state index contributed by atoms with van der Waals surface area (Å²) in [6.45, 7) is 2.68. The molecule has 0 fully saturated rings. The molecule has 7 nitrogen and oxygen atoms in total. The van der Waals surface area contributed by atoms with E-state index in [1.807, 2.05) is 24.3 Å². The molecule has 138 valence electrons. The highest BCUT2D eigenvalue weighted by atomic mass is 16.5. The van der Waals surface area contributed by atoms with Crippen LogP contribution < -0.4 is 10.8 Å². The predicted octanol–water partition coefficient (Wildman–Crippen LogP) is 1.22. The third kappa shape index (κ3) is 4.66. The minimum atomic E-state index is -1.56. The molecule has 0 radical (unpaired) electrons. The number of rotatable bonds is 6. The van der Waals surface area contributed by atoms with Crippen molar-refractivity contribution < 1.29 is 25.0 Å². The van der Waals surface area contributed by atoms with Gasteiger partial charge in [0.05, 0.1) is 12.2 Å². The van der Waals surface area contributed by atoms with Crippen LogP contribution in [0.25, 0.3) is 11.1 Å². The molecule has 0 aliphatic carbocycles. The summed E-state index contributed by atoms with van der Waals surface area (Å²) in [4.78, 5) is 24.0. The Morgan fingerprint density at radius 3 is 1.92 bits per heavy atom. The van der Waals surface area contributed by atoms with Crippen LogP contribution >= 0.6 is 0 Å². The maximum absolute atomic E-state index is 12.3. The van der Waals surface area contributed by atoms with Gasteiger partial charge in [-0.2, -0.15) is 0 Å². The van der Waals surface area contributed by atoms with Crippen LogP contribution in [0.2, 0.25) is 0 Å². The molecule has 7 heteroatoms. The lowest BCUT2D eigenvalue weighted by atomic mass is 9.97. The third-order valence-electron chi connectivity index (χ3n) is 3.97. The van der Waals surface area contributed by atoms with Gasteiger partial charge < -0.3 is 15.5 Å². The van der Waals surface area contributed by atoms with Gasteiger partial charge >= 0.3 is 0 Å². The van der Waals surface area contributed by atoms with Crippen LogP contribution in [-0.4, -0.2) is 38.9 Å². The third-order valence-corrected chi connectivity index (χ3v) is 3.97. The van der Waals surface area contributed by atoms with Crippen LogP contribution in [0.4, 0.5) is 0 Å². The van der Waals surface area contributed by atoms with Gasteiger partial charge in [-0.05, 0) is 42.7 Å². The van der Waals surface area contributed by atoms with Crippen molar-refractivity contribution in [3.05, 3.63) is 59.7 Å². The van der Waals surface area contributed by atoms with Gasteiger partial charge in [-0.1, -0.05) is 36.4 Å². The number of benzene rings is 2. The number of hydrogen-bond donors (Lipinski definition) is 5. The van der Waals surface area contributed by atoms with Gasteiger partial charge in [-0.25, -0.2) is 5.48 Å². The molecule has 0 spiro atoms. The minimum absolute atomic E-state index is 0.0246. The van der Waals surface area contributed by atoms with E-state index in [-0.39, 0.29) is 6.61 Å². The second-order valence-corrected chi connectivity index (χ2v) is 6.47. The van der Waals surface area contributed by atoms with E-state index < -0.39 is 23.5 Å². The molecule has 0 saturated carbocycles. The van der Waals surface area contributed by atoms with E-state index in [0.717, 1.165) is 16.7 Å². The number of nitrogens with one attached hydrogen (secondary N) is 2. The van der Waals surface area contributed by atoms with Gasteiger partial charge in [0.15, 0.2) is 0 Å². The Bertz CT molecular complexity index is 764. The van der Waals surface area contributed by atoms with Gasteiger partial charge in [-0.3, -0.25) is 14.8 Å². The van der Waals surface area contributed by atoms with Gasteiger partial charge in [0.1, 0.15) is 6.04 Å². The Morgan fingerprint density at radius 1 is 1.00 bits per heavy atom. The summed E-state index contributed by atoms with van der Waals surface area (Å²) in [5.41, 5.74) is 2.81. The number of carbonyl (C=O) groups is 2. The van der Waals surface area contributed by atoms with E-state index in [1.54, 1.807) is 24.3 Å². The molecule has 5 N–H and O–H groups in total. The first-order valence-corrected chi connectivity index (χ1v) is 8.03. The molecule has 2 aromatic carbocycles. The minimum Gasteiger partial charge on any atom is -0.392 e. The predicted molar refractivity (Wildman–Crippen MR) is 95.3 cm³/mol. The largest absolute Gasteiger partial charge is 0.392 e. The first-order valence-electron chi connectivity index (χ1n) is 8.03. The monoisotopic (exact) mass is 358 g/mol. The fraction of sp³-hybridized carbons (Fsp3) is 0.263. The van der Waals surface area contributed by atoms with Crippen molar-refractivity contribution in [3.63, 3.8) is 0 Å². The number of aliphatic hydroxyl groups excluding tert-OH is 1. The van der Waals surface area contributed by atoms with Crippen molar-refractivity contribution >= 4 is 11.8 Å². The quantitative estimate of drug-likeness (QED) is 0.393. The molecule has 0 saturated heterocycles. The van der Waals surface area contributed by atoms with E-state index in [0.29, 0.717) is 5.56 Å². The molecule has 0 aliphatic heterocycles. The molecule has 1 atom stereocenters. The smallest absolute Gasteiger partial charge is 0.268 e. The van der Waals surface area contributed by atoms with Crippen molar-refractivity contribution in [1.29, 1.82) is 0 Å². The van der Waals surface area contributed by atoms with Crippen molar-refractivity contribution in [3.8, 4) is 11.1 Å². The van der Waals surface area contributed by atoms with Crippen LogP contribution in [-0.2, 0) is 11.4 Å². The summed E-state index contributed by atoms with van der Waals surface area (Å²) in [6.07, 6.45) is 0. The molecule has 2 aromatic rings. The molecule has 0 heterocycles. The molecule has 2 amide bonds. The summed E-state index contributed by atoms with van der Waals surface area (Å²) in [7, 11) is 0. The molecular weight excluding hydrogens is 336 g/mol. The Hall–Kier alpha value is -2.74. The lowest BCUT2D eigenvalue weighted by Crippen LogP contribution is -2.57. The van der Waals surface area contributed by atoms with Gasteiger partial charge in [0, 0.05) is 5.56 Å². The maximum atomic E-state index is 12.3. The number of hydroxylamine groups is 1. The maximum Gasteiger partial charge on any atom is 0.268 e. The molecule has 26 heavy (non-hydrogen) atoms. The van der Waals surface area contributed by atoms with Crippen LogP contribution in [0.3, 0.4) is 0 Å². The van der Waals surface area contributed by atoms with Gasteiger partial charge in [0.25, 0.3) is 11.8 Å². The van der Waals surface area contributed by atoms with Crippen molar-refractivity contribution in [1.82, 2.24) is 10.8 Å². The molecular formula is C19H22N2O5. The molecule has 0 aromatic heterocycles. The highest BCUT2D eigenvalue weighted by molar-refractivity contribution is 5.98. The molecule has 2 rings (SSSR count). The number of carbonyl (C=O) groups excluding carboxylic acids is 2. The van der Waals surface area contributed by atoms with Crippen LogP contribution in [0.15, 0.2) is 48.5 Å². The number of aliphatic hydroxyl groups is 2. The normalized spacial score (nSPS) is 12.3. The Labute approximate surface area is 151 Å². The average molecular weight is 358 g/mol. The van der Waals surface area contributed by atoms with Crippen LogP contribution in [0.1, 0.15) is 29.8 Å². The molecule has 0 bridgehead atoms. The van der Waals surface area contributed by atoms with E-state index in [2.05, 4.69) is 5.32 Å². The highest BCUT2D eigenvalue weighted by Crippen LogP contribution is 2.21. The zero-order chi connectivity index (χ0) is 19.3. The van der Waals surface area contributed by atoms with E-state index in [1.165, 1.54) is 19.3 Å². The van der Waals surface area contributed by atoms with Gasteiger partial charge in [-0.15, -0.1) is 0 Å². The Balaban J connectivity index is 2.16. The summed E-state index contributed by atoms with van der Waals surface area (Å²) < 4.78 is 0. The molecule has 0 aliphatic rings. The Kier molecular flexibility index (Phi) is 6.10. The summed E-state index contributed by atoms with van der Waals surface area (Å²) in [6, 6.07) is 12.8. The fourth-order valence-electron chi connectivity index (χ4n) is 2.46. The SMILES string of the molecule is CC(C)(O)[C@H](NC(=O)c1ccc(-c2ccc(CO)cc2)cc1)C(=O)NO. The van der Waals surface area contributed by atoms with Crippen LogP contribution in [0.5, 0.6) is 0 Å². The lowest BCUT2D eigenvalue weighted by molar-refractivity contribution is -0.136. The molecule has 0 unspecified atom stereocenters. The average Bonchev–Trinajstić information content (AvgIpc) is 2.64. The van der Waals surface area contributed by atoms with E-state index in [4.69, 9.17) is 10.3 Å². The highest BCUT2D eigenvalue weighted by Gasteiger charge is 2.34. The first kappa shape index (κ1) is 19.6. The fourth-order valence-corrected chi connectivity index (χ4v) is 2.46. The van der Waals surface area contributed by atoms with E-state index in [9.17, 15) is 14.7 Å².